The molecule has 2 nitrogen and oxygen atoms in total. The molecule has 0 aliphatic carbocycles. The van der Waals surface area contributed by atoms with Gasteiger partial charge in [-0.3, -0.25) is 4.79 Å². The smallest absolute Gasteiger partial charge is 0.266 e. The van der Waals surface area contributed by atoms with Crippen LogP contribution in [-0.4, -0.2) is 11.1 Å². The Bertz CT molecular complexity index is 358. The molecule has 0 aliphatic heterocycles. The molecule has 60 valence electrons. The zero-order chi connectivity index (χ0) is 8.97. The molecule has 0 radical (unpaired) electrons. The number of aliphatic imine (C=N–C) groups is 1. The van der Waals surface area contributed by atoms with Crippen molar-refractivity contribution in [2.45, 2.75) is 0 Å². The maximum atomic E-state index is 12.5. The molecule has 0 aromatic heterocycles. The van der Waals surface area contributed by atoms with E-state index in [2.05, 4.69) is 17.2 Å². The number of hydrogen-bond acceptors (Lipinski definition) is 2. The van der Waals surface area contributed by atoms with E-state index in [0.29, 0.717) is 0 Å². The fourth-order valence-corrected chi connectivity index (χ4v) is 0.810. The van der Waals surface area contributed by atoms with Gasteiger partial charge in [0.05, 0.1) is 5.16 Å². The summed E-state index contributed by atoms with van der Waals surface area (Å²) >= 11 is 4.23. The van der Waals surface area contributed by atoms with Gasteiger partial charge in [0.2, 0.25) is 0 Å². The summed E-state index contributed by atoms with van der Waals surface area (Å²) < 4.78 is 12.5. The minimum Gasteiger partial charge on any atom is -0.266 e. The van der Waals surface area contributed by atoms with Crippen LogP contribution in [0, 0.1) is 5.82 Å². The molecule has 0 bridgehead atoms. The van der Waals surface area contributed by atoms with Crippen LogP contribution in [0.4, 0.5) is 4.39 Å². The van der Waals surface area contributed by atoms with Gasteiger partial charge in [-0.05, 0) is 30.4 Å². The van der Waals surface area contributed by atoms with Gasteiger partial charge in [0.15, 0.2) is 0 Å². The summed E-state index contributed by atoms with van der Waals surface area (Å²) in [6, 6.07) is 5.24. The van der Waals surface area contributed by atoms with Crippen molar-refractivity contribution < 1.29 is 9.18 Å². The third-order valence-electron chi connectivity index (χ3n) is 1.22. The molecule has 0 N–H and O–H groups in total. The number of amides is 1. The zero-order valence-electron chi connectivity index (χ0n) is 5.95. The van der Waals surface area contributed by atoms with Crippen LogP contribution in [0.1, 0.15) is 10.4 Å². The molecule has 1 rings (SSSR count). The summed E-state index contributed by atoms with van der Waals surface area (Å²) in [5, 5.41) is 1.92. The topological polar surface area (TPSA) is 29.4 Å². The molecule has 1 aromatic rings. The number of halogens is 1. The molecular weight excluding hydrogens is 177 g/mol. The Balaban J connectivity index is 3.03. The monoisotopic (exact) mass is 181 g/mol. The number of isothiocyanates is 1. The number of thiocarbonyl (C=S) groups is 1. The molecule has 0 fully saturated rings. The van der Waals surface area contributed by atoms with E-state index < -0.39 is 11.7 Å². The number of carbonyl (C=O) groups excluding carboxylic acids is 1. The van der Waals surface area contributed by atoms with Crippen LogP contribution in [0.3, 0.4) is 0 Å². The van der Waals surface area contributed by atoms with Gasteiger partial charge in [-0.1, -0.05) is 6.07 Å². The molecule has 0 atom stereocenters. The summed E-state index contributed by atoms with van der Waals surface area (Å²) in [4.78, 5) is 14.1. The second kappa shape index (κ2) is 3.85. The van der Waals surface area contributed by atoms with Gasteiger partial charge in [0.1, 0.15) is 5.82 Å². The molecule has 12 heavy (non-hydrogen) atoms. The average Bonchev–Trinajstić information content (AvgIpc) is 2.05. The van der Waals surface area contributed by atoms with E-state index in [1.54, 1.807) is 0 Å². The fraction of sp³-hybridized carbons (Fsp3) is 0. The highest BCUT2D eigenvalue weighted by molar-refractivity contribution is 7.78. The van der Waals surface area contributed by atoms with Crippen molar-refractivity contribution in [3.05, 3.63) is 35.6 Å². The maximum absolute atomic E-state index is 12.5. The molecule has 4 heteroatoms. The summed E-state index contributed by atoms with van der Waals surface area (Å²) in [7, 11) is 0. The number of benzene rings is 1. The third-order valence-corrected chi connectivity index (χ3v) is 1.31. The normalized spacial score (nSPS) is 8.75. The molecular formula is C8H4FNOS. The quantitative estimate of drug-likeness (QED) is 0.490. The van der Waals surface area contributed by atoms with Crippen LogP contribution in [-0.2, 0) is 0 Å². The molecule has 0 spiro atoms. The van der Waals surface area contributed by atoms with Crippen molar-refractivity contribution in [2.75, 3.05) is 0 Å². The highest BCUT2D eigenvalue weighted by Crippen LogP contribution is 2.04. The predicted molar refractivity (Wildman–Crippen MR) is 45.8 cm³/mol. The van der Waals surface area contributed by atoms with Gasteiger partial charge in [0.25, 0.3) is 5.91 Å². The van der Waals surface area contributed by atoms with Gasteiger partial charge in [-0.2, -0.15) is 4.99 Å². The van der Waals surface area contributed by atoms with E-state index in [9.17, 15) is 9.18 Å². The molecule has 1 amide bonds. The minimum absolute atomic E-state index is 0.173. The number of rotatable bonds is 1. The van der Waals surface area contributed by atoms with E-state index >= 15 is 0 Å². The van der Waals surface area contributed by atoms with Gasteiger partial charge >= 0.3 is 0 Å². The van der Waals surface area contributed by atoms with Crippen molar-refractivity contribution >= 4 is 23.3 Å². The summed E-state index contributed by atoms with van der Waals surface area (Å²) in [6.45, 7) is 0. The van der Waals surface area contributed by atoms with E-state index in [1.807, 2.05) is 5.16 Å². The first-order valence-corrected chi connectivity index (χ1v) is 3.52. The van der Waals surface area contributed by atoms with Crippen molar-refractivity contribution in [1.29, 1.82) is 0 Å². The van der Waals surface area contributed by atoms with Gasteiger partial charge in [-0.25, -0.2) is 4.39 Å². The molecule has 1 aromatic carbocycles. The number of carbonyl (C=O) groups is 1. The second-order valence-corrected chi connectivity index (χ2v) is 2.20. The Morgan fingerprint density at radius 1 is 1.58 bits per heavy atom. The minimum atomic E-state index is -0.579. The lowest BCUT2D eigenvalue weighted by atomic mass is 10.2. The Morgan fingerprint density at radius 2 is 2.33 bits per heavy atom. The van der Waals surface area contributed by atoms with E-state index in [4.69, 9.17) is 0 Å². The van der Waals surface area contributed by atoms with Crippen LogP contribution in [0.15, 0.2) is 29.3 Å². The van der Waals surface area contributed by atoms with Crippen molar-refractivity contribution in [2.24, 2.45) is 4.99 Å². The first-order valence-electron chi connectivity index (χ1n) is 3.12. The summed E-state index contributed by atoms with van der Waals surface area (Å²) in [6.07, 6.45) is 0. The van der Waals surface area contributed by atoms with Gasteiger partial charge < -0.3 is 0 Å². The van der Waals surface area contributed by atoms with E-state index in [1.165, 1.54) is 18.2 Å². The van der Waals surface area contributed by atoms with Gasteiger partial charge in [-0.15, -0.1) is 0 Å². The SMILES string of the molecule is O=C(N=C=S)c1cccc(F)c1. The lowest BCUT2D eigenvalue weighted by molar-refractivity contribution is 0.100. The molecule has 0 saturated carbocycles. The van der Waals surface area contributed by atoms with Crippen molar-refractivity contribution in [3.63, 3.8) is 0 Å². The van der Waals surface area contributed by atoms with Crippen LogP contribution in [0.5, 0.6) is 0 Å². The van der Waals surface area contributed by atoms with E-state index in [0.717, 1.165) is 6.07 Å². The largest absolute Gasteiger partial charge is 0.285 e. The average molecular weight is 181 g/mol. The fourth-order valence-electron chi connectivity index (χ4n) is 0.728. The number of nitrogens with zero attached hydrogens (tertiary/aromatic N) is 1. The summed E-state index contributed by atoms with van der Waals surface area (Å²) in [5.74, 6) is -1.05. The molecule has 0 saturated heterocycles. The Morgan fingerprint density at radius 3 is 2.92 bits per heavy atom. The van der Waals surface area contributed by atoms with Crippen LogP contribution in [0.2, 0.25) is 0 Å². The Labute approximate surface area is 73.7 Å². The highest BCUT2D eigenvalue weighted by Gasteiger charge is 2.02. The highest BCUT2D eigenvalue weighted by atomic mass is 32.1. The van der Waals surface area contributed by atoms with Crippen LogP contribution >= 0.6 is 12.2 Å². The van der Waals surface area contributed by atoms with E-state index in [-0.39, 0.29) is 5.56 Å². The zero-order valence-corrected chi connectivity index (χ0v) is 6.77. The molecule has 0 aliphatic rings. The first-order chi connectivity index (χ1) is 5.74. The van der Waals surface area contributed by atoms with Crippen molar-refractivity contribution in [1.82, 2.24) is 0 Å². The predicted octanol–water partition coefficient (Wildman–Crippen LogP) is 2.07. The van der Waals surface area contributed by atoms with Crippen LogP contribution < -0.4 is 0 Å². The Kier molecular flexibility index (Phi) is 2.80. The van der Waals surface area contributed by atoms with Crippen molar-refractivity contribution in [3.8, 4) is 0 Å². The van der Waals surface area contributed by atoms with Gasteiger partial charge in [0, 0.05) is 5.56 Å². The lowest BCUT2D eigenvalue weighted by Crippen LogP contribution is -1.93. The first kappa shape index (κ1) is 8.71. The second-order valence-electron chi connectivity index (χ2n) is 2.02. The standard InChI is InChI=1S/C8H4FNOS/c9-7-3-1-2-6(4-7)8(11)10-5-12/h1-4H. The molecule has 0 heterocycles. The molecule has 0 unspecified atom stereocenters. The summed E-state index contributed by atoms with van der Waals surface area (Å²) in [5.41, 5.74) is 0.173. The maximum Gasteiger partial charge on any atom is 0.285 e. The third kappa shape index (κ3) is 2.05. The lowest BCUT2D eigenvalue weighted by Gasteiger charge is -1.92. The Hall–Kier alpha value is -1.38. The van der Waals surface area contributed by atoms with Crippen LogP contribution in [0.25, 0.3) is 0 Å². The number of hydrogen-bond donors (Lipinski definition) is 0.